The summed E-state index contributed by atoms with van der Waals surface area (Å²) in [4.78, 5) is 22.0. The van der Waals surface area contributed by atoms with Crippen LogP contribution in [0.3, 0.4) is 0 Å². The maximum Gasteiger partial charge on any atom is 0.334 e. The van der Waals surface area contributed by atoms with Gasteiger partial charge in [-0.15, -0.1) is 0 Å². The maximum atomic E-state index is 11.6. The Morgan fingerprint density at radius 3 is 2.69 bits per heavy atom. The Morgan fingerprint density at radius 2 is 2.25 bits per heavy atom. The van der Waals surface area contributed by atoms with Gasteiger partial charge >= 0.3 is 11.9 Å². The zero-order valence-electron chi connectivity index (χ0n) is 9.49. The van der Waals surface area contributed by atoms with Crippen molar-refractivity contribution in [2.45, 2.75) is 44.6 Å². The second-order valence-corrected chi connectivity index (χ2v) is 4.13. The lowest BCUT2D eigenvalue weighted by atomic mass is 9.98. The molecule has 0 amide bonds. The molecule has 4 nitrogen and oxygen atoms in total. The quantitative estimate of drug-likeness (QED) is 0.442. The van der Waals surface area contributed by atoms with Gasteiger partial charge in [0.05, 0.1) is 19.3 Å². The van der Waals surface area contributed by atoms with Crippen LogP contribution in [0.4, 0.5) is 0 Å². The van der Waals surface area contributed by atoms with Crippen molar-refractivity contribution < 1.29 is 19.4 Å². The first-order valence-corrected chi connectivity index (χ1v) is 5.44. The molecular weight excluding hydrogens is 208 g/mol. The third-order valence-electron chi connectivity index (χ3n) is 2.93. The lowest BCUT2D eigenvalue weighted by molar-refractivity contribution is -0.155. The minimum atomic E-state index is -1.06. The van der Waals surface area contributed by atoms with Crippen LogP contribution < -0.4 is 0 Å². The molecule has 1 aliphatic rings. The molecule has 0 radical (unpaired) electrons. The summed E-state index contributed by atoms with van der Waals surface area (Å²) in [6, 6.07) is 0. The van der Waals surface area contributed by atoms with Crippen LogP contribution in [0.2, 0.25) is 0 Å². The van der Waals surface area contributed by atoms with Gasteiger partial charge < -0.3 is 9.84 Å². The number of esters is 1. The van der Waals surface area contributed by atoms with Crippen LogP contribution in [0.25, 0.3) is 0 Å². The molecule has 1 saturated carbocycles. The van der Waals surface area contributed by atoms with E-state index >= 15 is 0 Å². The molecule has 0 aliphatic heterocycles. The Morgan fingerprint density at radius 1 is 1.56 bits per heavy atom. The van der Waals surface area contributed by atoms with Crippen molar-refractivity contribution >= 4 is 11.9 Å². The van der Waals surface area contributed by atoms with Crippen molar-refractivity contribution in [3.05, 3.63) is 18.6 Å². The highest BCUT2D eigenvalue weighted by Crippen LogP contribution is 2.35. The second-order valence-electron chi connectivity index (χ2n) is 4.13. The molecular formula is C12H17O4+. The molecule has 0 saturated heterocycles. The number of rotatable bonds is 5. The summed E-state index contributed by atoms with van der Waals surface area (Å²) >= 11 is 0. The fraction of sp³-hybridized carbons (Fsp3) is 0.583. The first-order valence-electron chi connectivity index (χ1n) is 5.44. The second kappa shape index (κ2) is 5.05. The van der Waals surface area contributed by atoms with Crippen molar-refractivity contribution in [2.24, 2.45) is 0 Å². The van der Waals surface area contributed by atoms with Crippen molar-refractivity contribution in [1.82, 2.24) is 0 Å². The Hall–Kier alpha value is -1.45. The third-order valence-corrected chi connectivity index (χ3v) is 2.93. The molecule has 1 rings (SSSR count). The van der Waals surface area contributed by atoms with Crippen LogP contribution in [0.5, 0.6) is 0 Å². The van der Waals surface area contributed by atoms with E-state index in [-0.39, 0.29) is 12.0 Å². The maximum absolute atomic E-state index is 11.6. The Labute approximate surface area is 95.3 Å². The van der Waals surface area contributed by atoms with Gasteiger partial charge in [0.25, 0.3) is 0 Å². The van der Waals surface area contributed by atoms with E-state index in [1.54, 1.807) is 0 Å². The summed E-state index contributed by atoms with van der Waals surface area (Å²) < 4.78 is 5.38. The Bertz CT molecular complexity index is 300. The van der Waals surface area contributed by atoms with E-state index < -0.39 is 17.5 Å². The average molecular weight is 225 g/mol. The summed E-state index contributed by atoms with van der Waals surface area (Å²) in [6.07, 6.45) is 4.98. The molecule has 0 aromatic heterocycles. The van der Waals surface area contributed by atoms with E-state index in [0.29, 0.717) is 0 Å². The van der Waals surface area contributed by atoms with Crippen molar-refractivity contribution in [3.63, 3.8) is 0 Å². The van der Waals surface area contributed by atoms with Crippen molar-refractivity contribution in [1.29, 1.82) is 0 Å². The van der Waals surface area contributed by atoms with Gasteiger partial charge in [-0.3, -0.25) is 4.79 Å². The number of ether oxygens (including phenoxy) is 1. The minimum absolute atomic E-state index is 0.00669. The molecule has 1 fully saturated rings. The molecule has 4 heteroatoms. The van der Waals surface area contributed by atoms with Crippen LogP contribution in [0.1, 0.15) is 39.0 Å². The summed E-state index contributed by atoms with van der Waals surface area (Å²) in [7, 11) is 0. The number of hydrogen-bond donors (Lipinski definition) is 1. The molecule has 88 valence electrons. The smallest absolute Gasteiger partial charge is 0.334 e. The summed E-state index contributed by atoms with van der Waals surface area (Å²) in [6.45, 7) is 5.40. The molecule has 0 aromatic rings. The van der Waals surface area contributed by atoms with E-state index in [9.17, 15) is 9.59 Å². The molecule has 0 aromatic carbocycles. The number of carbonyl (C=O) groups excluding carboxylic acids is 1. The first kappa shape index (κ1) is 12.6. The molecule has 1 N–H and O–H groups in total. The summed E-state index contributed by atoms with van der Waals surface area (Å²) in [5, 5.41) is 8.54. The highest BCUT2D eigenvalue weighted by Gasteiger charge is 2.42. The summed E-state index contributed by atoms with van der Waals surface area (Å²) in [5.41, 5.74) is -0.425. The van der Waals surface area contributed by atoms with E-state index in [1.807, 2.05) is 6.92 Å². The average Bonchev–Trinajstić information content (AvgIpc) is 2.66. The van der Waals surface area contributed by atoms with Gasteiger partial charge in [0.15, 0.2) is 5.60 Å². The number of carboxylic acid groups (broad SMARTS) is 1. The molecule has 1 aliphatic carbocycles. The van der Waals surface area contributed by atoms with E-state index in [0.717, 1.165) is 25.7 Å². The zero-order valence-corrected chi connectivity index (χ0v) is 9.49. The molecule has 1 atom stereocenters. The van der Waals surface area contributed by atoms with Gasteiger partial charge in [-0.2, -0.15) is 0 Å². The Kier molecular flexibility index (Phi) is 3.99. The number of carbonyl (C=O) groups is 2. The van der Waals surface area contributed by atoms with Gasteiger partial charge in [-0.25, -0.2) is 4.79 Å². The predicted molar refractivity (Wildman–Crippen MR) is 58.7 cm³/mol. The van der Waals surface area contributed by atoms with Crippen molar-refractivity contribution in [2.75, 3.05) is 0 Å². The monoisotopic (exact) mass is 225 g/mol. The van der Waals surface area contributed by atoms with Gasteiger partial charge in [0.1, 0.15) is 6.42 Å². The van der Waals surface area contributed by atoms with E-state index in [2.05, 4.69) is 13.0 Å². The SMILES string of the molecule is C=C(CC(=O)O)C(=O)OC1(CC)C[CH+]CC1. The molecule has 1 unspecified atom stereocenters. The van der Waals surface area contributed by atoms with Crippen LogP contribution in [0, 0.1) is 6.42 Å². The summed E-state index contributed by atoms with van der Waals surface area (Å²) in [5.74, 6) is -1.65. The van der Waals surface area contributed by atoms with Crippen LogP contribution in [-0.4, -0.2) is 22.6 Å². The van der Waals surface area contributed by atoms with Crippen LogP contribution in [0.15, 0.2) is 12.2 Å². The topological polar surface area (TPSA) is 63.6 Å². The number of aliphatic carboxylic acids is 1. The lowest BCUT2D eigenvalue weighted by Gasteiger charge is -2.24. The molecule has 0 heterocycles. The van der Waals surface area contributed by atoms with Crippen LogP contribution >= 0.6 is 0 Å². The van der Waals surface area contributed by atoms with E-state index in [1.165, 1.54) is 0 Å². The van der Waals surface area contributed by atoms with Gasteiger partial charge in [-0.1, -0.05) is 13.5 Å². The normalized spacial score (nSPS) is 23.6. The minimum Gasteiger partial charge on any atom is -0.481 e. The molecule has 0 bridgehead atoms. The predicted octanol–water partition coefficient (Wildman–Crippen LogP) is 2.10. The fourth-order valence-corrected chi connectivity index (χ4v) is 1.84. The lowest BCUT2D eigenvalue weighted by Crippen LogP contribution is -2.32. The van der Waals surface area contributed by atoms with Gasteiger partial charge in [0, 0.05) is 12.0 Å². The number of carboxylic acids is 1. The molecule has 16 heavy (non-hydrogen) atoms. The molecule has 0 spiro atoms. The number of hydrogen-bond acceptors (Lipinski definition) is 3. The van der Waals surface area contributed by atoms with Gasteiger partial charge in [0.2, 0.25) is 0 Å². The zero-order chi connectivity index (χ0) is 12.2. The van der Waals surface area contributed by atoms with E-state index in [4.69, 9.17) is 9.84 Å². The fourth-order valence-electron chi connectivity index (χ4n) is 1.84. The largest absolute Gasteiger partial charge is 0.481 e. The Balaban J connectivity index is 2.55. The van der Waals surface area contributed by atoms with Crippen LogP contribution in [-0.2, 0) is 14.3 Å². The van der Waals surface area contributed by atoms with Crippen molar-refractivity contribution in [3.8, 4) is 0 Å². The van der Waals surface area contributed by atoms with Gasteiger partial charge in [-0.05, 0) is 6.42 Å². The third kappa shape index (κ3) is 3.02. The highest BCUT2D eigenvalue weighted by atomic mass is 16.6. The first-order chi connectivity index (χ1) is 7.49. The standard InChI is InChI=1S/C12H16O4/c1-3-12(6-4-5-7-12)16-11(15)9(2)8-10(13)14/h4H,2-3,5-8H2,1H3/p+1. The highest BCUT2D eigenvalue weighted by molar-refractivity contribution is 5.93.